The van der Waals surface area contributed by atoms with Crippen molar-refractivity contribution in [1.82, 2.24) is 4.98 Å². The van der Waals surface area contributed by atoms with E-state index in [2.05, 4.69) is 35.6 Å². The maximum absolute atomic E-state index is 4.40. The number of rotatable bonds is 6. The molecule has 1 atom stereocenters. The third-order valence-electron chi connectivity index (χ3n) is 3.10. The van der Waals surface area contributed by atoms with Gasteiger partial charge in [0.2, 0.25) is 0 Å². The number of nitrogens with one attached hydrogen (secondary N) is 1. The molecule has 3 heteroatoms. The standard InChI is InChI=1S/C13H20N2S/c1-3-12(11-4-5-11)15-13-8-10(9-16-2)6-7-14-13/h6-8,11-12H,3-5,9H2,1-2H3,(H,14,15). The lowest BCUT2D eigenvalue weighted by Crippen LogP contribution is -2.21. The summed E-state index contributed by atoms with van der Waals surface area (Å²) in [5.74, 6) is 3.00. The highest BCUT2D eigenvalue weighted by Gasteiger charge is 2.29. The lowest BCUT2D eigenvalue weighted by atomic mass is 10.1. The minimum atomic E-state index is 0.622. The summed E-state index contributed by atoms with van der Waals surface area (Å²) in [4.78, 5) is 4.40. The minimum absolute atomic E-state index is 0.622. The van der Waals surface area contributed by atoms with Crippen LogP contribution in [0.25, 0.3) is 0 Å². The van der Waals surface area contributed by atoms with Crippen LogP contribution in [0.15, 0.2) is 18.3 Å². The average molecular weight is 236 g/mol. The highest BCUT2D eigenvalue weighted by molar-refractivity contribution is 7.97. The van der Waals surface area contributed by atoms with Gasteiger partial charge >= 0.3 is 0 Å². The molecule has 1 aromatic rings. The van der Waals surface area contributed by atoms with Crippen molar-refractivity contribution in [1.29, 1.82) is 0 Å². The Hall–Kier alpha value is -0.700. The summed E-state index contributed by atoms with van der Waals surface area (Å²) in [6, 6.07) is 4.90. The monoisotopic (exact) mass is 236 g/mol. The van der Waals surface area contributed by atoms with E-state index in [1.165, 1.54) is 24.8 Å². The van der Waals surface area contributed by atoms with Crippen LogP contribution in [0.1, 0.15) is 31.7 Å². The van der Waals surface area contributed by atoms with Gasteiger partial charge in [-0.1, -0.05) is 6.92 Å². The van der Waals surface area contributed by atoms with Crippen LogP contribution in [0.5, 0.6) is 0 Å². The van der Waals surface area contributed by atoms with Crippen molar-refractivity contribution in [3.8, 4) is 0 Å². The van der Waals surface area contributed by atoms with E-state index in [0.717, 1.165) is 17.5 Å². The molecule has 2 rings (SSSR count). The topological polar surface area (TPSA) is 24.9 Å². The molecule has 0 amide bonds. The van der Waals surface area contributed by atoms with E-state index >= 15 is 0 Å². The molecule has 0 bridgehead atoms. The van der Waals surface area contributed by atoms with Crippen LogP contribution < -0.4 is 5.32 Å². The van der Waals surface area contributed by atoms with Gasteiger partial charge in [-0.3, -0.25) is 0 Å². The lowest BCUT2D eigenvalue weighted by molar-refractivity contribution is 0.614. The van der Waals surface area contributed by atoms with Crippen molar-refractivity contribution in [2.24, 2.45) is 5.92 Å². The highest BCUT2D eigenvalue weighted by atomic mass is 32.2. The first-order valence-electron chi connectivity index (χ1n) is 6.04. The first-order valence-corrected chi connectivity index (χ1v) is 7.43. The molecule has 0 aliphatic heterocycles. The smallest absolute Gasteiger partial charge is 0.126 e. The van der Waals surface area contributed by atoms with Gasteiger partial charge in [0, 0.05) is 18.0 Å². The first-order chi connectivity index (χ1) is 7.83. The van der Waals surface area contributed by atoms with Gasteiger partial charge in [-0.2, -0.15) is 11.8 Å². The third-order valence-corrected chi connectivity index (χ3v) is 3.72. The van der Waals surface area contributed by atoms with Crippen molar-refractivity contribution in [3.63, 3.8) is 0 Å². The average Bonchev–Trinajstić information content (AvgIpc) is 3.11. The summed E-state index contributed by atoms with van der Waals surface area (Å²) < 4.78 is 0. The number of hydrogen-bond acceptors (Lipinski definition) is 3. The van der Waals surface area contributed by atoms with Gasteiger partial charge in [0.1, 0.15) is 5.82 Å². The van der Waals surface area contributed by atoms with Crippen molar-refractivity contribution in [2.45, 2.75) is 38.0 Å². The molecule has 1 aliphatic carbocycles. The Morgan fingerprint density at radius 3 is 3.00 bits per heavy atom. The molecule has 1 unspecified atom stereocenters. The quantitative estimate of drug-likeness (QED) is 0.817. The summed E-state index contributed by atoms with van der Waals surface area (Å²) >= 11 is 1.85. The van der Waals surface area contributed by atoms with Crippen LogP contribution in [0.3, 0.4) is 0 Å². The molecule has 1 fully saturated rings. The predicted molar refractivity (Wildman–Crippen MR) is 71.9 cm³/mol. The van der Waals surface area contributed by atoms with Gasteiger partial charge in [0.15, 0.2) is 0 Å². The van der Waals surface area contributed by atoms with E-state index in [9.17, 15) is 0 Å². The number of aromatic nitrogens is 1. The van der Waals surface area contributed by atoms with Crippen LogP contribution in [0.2, 0.25) is 0 Å². The van der Waals surface area contributed by atoms with E-state index in [4.69, 9.17) is 0 Å². The van der Waals surface area contributed by atoms with Crippen molar-refractivity contribution < 1.29 is 0 Å². The zero-order chi connectivity index (χ0) is 11.4. The molecule has 16 heavy (non-hydrogen) atoms. The Morgan fingerprint density at radius 1 is 1.56 bits per heavy atom. The second-order valence-corrected chi connectivity index (χ2v) is 5.34. The van der Waals surface area contributed by atoms with Gasteiger partial charge < -0.3 is 5.32 Å². The van der Waals surface area contributed by atoms with Gasteiger partial charge in [-0.05, 0) is 49.1 Å². The zero-order valence-corrected chi connectivity index (χ0v) is 10.9. The molecule has 1 N–H and O–H groups in total. The van der Waals surface area contributed by atoms with Gasteiger partial charge in [-0.15, -0.1) is 0 Å². The molecule has 0 spiro atoms. The third kappa shape index (κ3) is 3.14. The summed E-state index contributed by atoms with van der Waals surface area (Å²) in [7, 11) is 0. The first kappa shape index (κ1) is 11.8. The van der Waals surface area contributed by atoms with Crippen molar-refractivity contribution in [3.05, 3.63) is 23.9 Å². The zero-order valence-electron chi connectivity index (χ0n) is 10.1. The van der Waals surface area contributed by atoms with Crippen LogP contribution in [-0.4, -0.2) is 17.3 Å². The molecule has 0 aromatic carbocycles. The van der Waals surface area contributed by atoms with Gasteiger partial charge in [0.05, 0.1) is 0 Å². The Balaban J connectivity index is 1.99. The number of pyridine rings is 1. The van der Waals surface area contributed by atoms with Crippen molar-refractivity contribution >= 4 is 17.6 Å². The van der Waals surface area contributed by atoms with Gasteiger partial charge in [0.25, 0.3) is 0 Å². The number of nitrogens with zero attached hydrogens (tertiary/aromatic N) is 1. The van der Waals surface area contributed by atoms with Crippen LogP contribution >= 0.6 is 11.8 Å². The van der Waals surface area contributed by atoms with Gasteiger partial charge in [-0.25, -0.2) is 4.98 Å². The largest absolute Gasteiger partial charge is 0.367 e. The van der Waals surface area contributed by atoms with Crippen molar-refractivity contribution in [2.75, 3.05) is 11.6 Å². The molecule has 1 heterocycles. The minimum Gasteiger partial charge on any atom is -0.367 e. The molecule has 88 valence electrons. The van der Waals surface area contributed by atoms with E-state index in [-0.39, 0.29) is 0 Å². The highest BCUT2D eigenvalue weighted by Crippen LogP contribution is 2.35. The molecule has 0 radical (unpaired) electrons. The summed E-state index contributed by atoms with van der Waals surface area (Å²) in [6.45, 7) is 2.25. The number of anilines is 1. The van der Waals surface area contributed by atoms with E-state index in [1.807, 2.05) is 18.0 Å². The Bertz CT molecular complexity index is 336. The van der Waals surface area contributed by atoms with E-state index in [0.29, 0.717) is 6.04 Å². The Kier molecular flexibility index (Phi) is 4.10. The fourth-order valence-electron chi connectivity index (χ4n) is 2.05. The molecule has 2 nitrogen and oxygen atoms in total. The SMILES string of the molecule is CCC(Nc1cc(CSC)ccn1)C1CC1. The van der Waals surface area contributed by atoms with E-state index in [1.54, 1.807) is 0 Å². The fraction of sp³-hybridized carbons (Fsp3) is 0.615. The molecule has 1 aromatic heterocycles. The Labute approximate surface area is 102 Å². The second-order valence-electron chi connectivity index (χ2n) is 4.48. The summed E-state index contributed by atoms with van der Waals surface area (Å²) in [6.07, 6.45) is 8.01. The molecule has 1 aliphatic rings. The number of hydrogen-bond donors (Lipinski definition) is 1. The molecular formula is C13H20N2S. The molecule has 0 saturated heterocycles. The van der Waals surface area contributed by atoms with Crippen LogP contribution in [0.4, 0.5) is 5.82 Å². The summed E-state index contributed by atoms with van der Waals surface area (Å²) in [5, 5.41) is 3.57. The Morgan fingerprint density at radius 2 is 2.38 bits per heavy atom. The maximum Gasteiger partial charge on any atom is 0.126 e. The molecular weight excluding hydrogens is 216 g/mol. The maximum atomic E-state index is 4.40. The van der Waals surface area contributed by atoms with E-state index < -0.39 is 0 Å². The molecule has 1 saturated carbocycles. The van der Waals surface area contributed by atoms with Crippen LogP contribution in [-0.2, 0) is 5.75 Å². The lowest BCUT2D eigenvalue weighted by Gasteiger charge is -2.17. The summed E-state index contributed by atoms with van der Waals surface area (Å²) in [5.41, 5.74) is 1.36. The number of thioether (sulfide) groups is 1. The fourth-order valence-corrected chi connectivity index (χ4v) is 2.56. The van der Waals surface area contributed by atoms with Crippen LogP contribution in [0, 0.1) is 5.92 Å². The predicted octanol–water partition coefficient (Wildman–Crippen LogP) is 3.55. The normalized spacial score (nSPS) is 17.1. The second kappa shape index (κ2) is 5.58.